The summed E-state index contributed by atoms with van der Waals surface area (Å²) in [5.41, 5.74) is 3.97. The van der Waals surface area contributed by atoms with Crippen LogP contribution in [0.15, 0.2) is 41.5 Å². The molecule has 3 rings (SSSR count). The van der Waals surface area contributed by atoms with E-state index in [9.17, 15) is 18.4 Å². The SMILES string of the molecule is Cc1ccc(-c2cn3cc(C(=O)N[C@H](C)CC(C)(F)F)cc3c(=O)[nH]2)cc1C. The Balaban J connectivity index is 1.91. The highest BCUT2D eigenvalue weighted by Gasteiger charge is 2.25. The number of amides is 1. The number of hydrogen-bond acceptors (Lipinski definition) is 2. The third-order valence-corrected chi connectivity index (χ3v) is 4.72. The molecule has 5 nitrogen and oxygen atoms in total. The van der Waals surface area contributed by atoms with Crippen LogP contribution in [0.25, 0.3) is 16.8 Å². The molecule has 0 aliphatic heterocycles. The van der Waals surface area contributed by atoms with E-state index in [4.69, 9.17) is 0 Å². The Morgan fingerprint density at radius 1 is 1.21 bits per heavy atom. The van der Waals surface area contributed by atoms with Gasteiger partial charge in [-0.15, -0.1) is 0 Å². The van der Waals surface area contributed by atoms with Crippen LogP contribution in [-0.4, -0.2) is 27.3 Å². The first kappa shape index (κ1) is 19.8. The summed E-state index contributed by atoms with van der Waals surface area (Å²) < 4.78 is 27.8. The fourth-order valence-corrected chi connectivity index (χ4v) is 3.20. The molecule has 0 saturated carbocycles. The fourth-order valence-electron chi connectivity index (χ4n) is 3.20. The van der Waals surface area contributed by atoms with Gasteiger partial charge in [0.2, 0.25) is 5.92 Å². The van der Waals surface area contributed by atoms with E-state index < -0.39 is 24.3 Å². The van der Waals surface area contributed by atoms with Crippen molar-refractivity contribution < 1.29 is 13.6 Å². The topological polar surface area (TPSA) is 66.4 Å². The van der Waals surface area contributed by atoms with Crippen molar-refractivity contribution in [2.45, 2.75) is 46.1 Å². The van der Waals surface area contributed by atoms with Gasteiger partial charge in [-0.1, -0.05) is 12.1 Å². The first-order valence-corrected chi connectivity index (χ1v) is 9.05. The predicted molar refractivity (Wildman–Crippen MR) is 105 cm³/mol. The molecular weight excluding hydrogens is 364 g/mol. The number of H-pyrrole nitrogens is 1. The molecule has 1 aromatic carbocycles. The monoisotopic (exact) mass is 387 g/mol. The van der Waals surface area contributed by atoms with Crippen LogP contribution in [0.5, 0.6) is 0 Å². The molecule has 0 unspecified atom stereocenters. The summed E-state index contributed by atoms with van der Waals surface area (Å²) in [5.74, 6) is -3.36. The molecule has 3 aromatic rings. The number of carbonyl (C=O) groups is 1. The van der Waals surface area contributed by atoms with Gasteiger partial charge in [-0.25, -0.2) is 8.78 Å². The number of aromatic nitrogens is 2. The van der Waals surface area contributed by atoms with Gasteiger partial charge in [0, 0.05) is 24.9 Å². The number of carbonyl (C=O) groups excluding carboxylic acids is 1. The standard InChI is InChI=1S/C21H23F2N3O2/c1-12-5-6-15(7-13(12)2)17-11-26-10-16(8-18(26)20(28)25-17)19(27)24-14(3)9-21(4,22)23/h5-8,10-11,14H,9H2,1-4H3,(H,24,27)(H,25,28)/t14-/m1/s1. The zero-order chi connectivity index (χ0) is 20.6. The summed E-state index contributed by atoms with van der Waals surface area (Å²) in [6, 6.07) is 6.64. The maximum Gasteiger partial charge on any atom is 0.272 e. The highest BCUT2D eigenvalue weighted by molar-refractivity contribution is 5.95. The zero-order valence-corrected chi connectivity index (χ0v) is 16.3. The molecule has 148 valence electrons. The Kier molecular flexibility index (Phi) is 5.10. The van der Waals surface area contributed by atoms with Gasteiger partial charge in [0.05, 0.1) is 11.3 Å². The Bertz CT molecular complexity index is 1090. The van der Waals surface area contributed by atoms with E-state index in [2.05, 4.69) is 10.3 Å². The Labute approximate surface area is 161 Å². The minimum absolute atomic E-state index is 0.244. The molecule has 0 aliphatic rings. The van der Waals surface area contributed by atoms with Gasteiger partial charge in [0.25, 0.3) is 11.5 Å². The average Bonchev–Trinajstić information content (AvgIpc) is 3.00. The maximum atomic E-state index is 13.1. The van der Waals surface area contributed by atoms with Crippen LogP contribution in [0.1, 0.15) is 41.8 Å². The summed E-state index contributed by atoms with van der Waals surface area (Å²) >= 11 is 0. The molecule has 1 amide bonds. The molecule has 2 aromatic heterocycles. The summed E-state index contributed by atoms with van der Waals surface area (Å²) in [5, 5.41) is 2.55. The van der Waals surface area contributed by atoms with E-state index in [0.29, 0.717) is 11.2 Å². The van der Waals surface area contributed by atoms with Crippen molar-refractivity contribution in [3.05, 3.63) is 63.7 Å². The van der Waals surface area contributed by atoms with Gasteiger partial charge in [-0.05, 0) is 56.5 Å². The lowest BCUT2D eigenvalue weighted by molar-refractivity contribution is 0.00498. The number of nitrogens with zero attached hydrogens (tertiary/aromatic N) is 1. The van der Waals surface area contributed by atoms with Crippen LogP contribution in [0.2, 0.25) is 0 Å². The maximum absolute atomic E-state index is 13.1. The lowest BCUT2D eigenvalue weighted by atomic mass is 10.0. The van der Waals surface area contributed by atoms with Crippen LogP contribution in [0.3, 0.4) is 0 Å². The van der Waals surface area contributed by atoms with Gasteiger partial charge in [0.15, 0.2) is 0 Å². The fraction of sp³-hybridized carbons (Fsp3) is 0.333. The predicted octanol–water partition coefficient (Wildman–Crippen LogP) is 4.08. The van der Waals surface area contributed by atoms with E-state index in [1.165, 1.54) is 19.2 Å². The number of aryl methyl sites for hydroxylation is 2. The smallest absolute Gasteiger partial charge is 0.272 e. The lowest BCUT2D eigenvalue weighted by Crippen LogP contribution is -2.36. The molecule has 0 spiro atoms. The van der Waals surface area contributed by atoms with Crippen LogP contribution >= 0.6 is 0 Å². The van der Waals surface area contributed by atoms with E-state index >= 15 is 0 Å². The zero-order valence-electron chi connectivity index (χ0n) is 16.3. The van der Waals surface area contributed by atoms with E-state index in [1.54, 1.807) is 10.6 Å². The van der Waals surface area contributed by atoms with Gasteiger partial charge in [-0.2, -0.15) is 0 Å². The average molecular weight is 387 g/mol. The largest absolute Gasteiger partial charge is 0.349 e. The molecule has 0 radical (unpaired) electrons. The Morgan fingerprint density at radius 3 is 2.57 bits per heavy atom. The second-order valence-corrected chi connectivity index (χ2v) is 7.47. The van der Waals surface area contributed by atoms with E-state index in [0.717, 1.165) is 23.6 Å². The quantitative estimate of drug-likeness (QED) is 0.693. The van der Waals surface area contributed by atoms with Gasteiger partial charge >= 0.3 is 0 Å². The van der Waals surface area contributed by atoms with Crippen molar-refractivity contribution in [2.24, 2.45) is 0 Å². The molecule has 1 atom stereocenters. The van der Waals surface area contributed by atoms with Crippen molar-refractivity contribution in [1.82, 2.24) is 14.7 Å². The number of hydrogen-bond donors (Lipinski definition) is 2. The van der Waals surface area contributed by atoms with Crippen molar-refractivity contribution >= 4 is 11.4 Å². The number of halogens is 2. The van der Waals surface area contributed by atoms with Crippen molar-refractivity contribution in [3.8, 4) is 11.3 Å². The van der Waals surface area contributed by atoms with Crippen molar-refractivity contribution in [1.29, 1.82) is 0 Å². The third-order valence-electron chi connectivity index (χ3n) is 4.72. The number of benzene rings is 1. The van der Waals surface area contributed by atoms with Crippen LogP contribution in [0, 0.1) is 13.8 Å². The van der Waals surface area contributed by atoms with Gasteiger partial charge < -0.3 is 14.7 Å². The molecular formula is C21H23F2N3O2. The van der Waals surface area contributed by atoms with Crippen LogP contribution in [0.4, 0.5) is 8.78 Å². The number of nitrogens with one attached hydrogen (secondary N) is 2. The van der Waals surface area contributed by atoms with Crippen molar-refractivity contribution in [2.75, 3.05) is 0 Å². The van der Waals surface area contributed by atoms with Gasteiger partial charge in [0.1, 0.15) is 5.52 Å². The summed E-state index contributed by atoms with van der Waals surface area (Å²) in [6.07, 6.45) is 2.81. The van der Waals surface area contributed by atoms with Crippen LogP contribution < -0.4 is 10.9 Å². The molecule has 0 bridgehead atoms. The molecule has 2 heterocycles. The number of alkyl halides is 2. The summed E-state index contributed by atoms with van der Waals surface area (Å²) in [4.78, 5) is 27.7. The number of fused-ring (bicyclic) bond motifs is 1. The lowest BCUT2D eigenvalue weighted by Gasteiger charge is -2.17. The summed E-state index contributed by atoms with van der Waals surface area (Å²) in [7, 11) is 0. The normalized spacial score (nSPS) is 12.9. The third kappa shape index (κ3) is 4.30. The number of rotatable bonds is 5. The molecule has 0 saturated heterocycles. The van der Waals surface area contributed by atoms with Gasteiger partial charge in [-0.3, -0.25) is 9.59 Å². The molecule has 0 aliphatic carbocycles. The first-order valence-electron chi connectivity index (χ1n) is 9.05. The Hall–Kier alpha value is -2.96. The minimum atomic E-state index is -2.86. The van der Waals surface area contributed by atoms with E-state index in [1.807, 2.05) is 32.0 Å². The van der Waals surface area contributed by atoms with Crippen LogP contribution in [-0.2, 0) is 0 Å². The van der Waals surface area contributed by atoms with Crippen molar-refractivity contribution in [3.63, 3.8) is 0 Å². The molecule has 0 fully saturated rings. The van der Waals surface area contributed by atoms with E-state index in [-0.39, 0.29) is 11.1 Å². The highest BCUT2D eigenvalue weighted by atomic mass is 19.3. The second-order valence-electron chi connectivity index (χ2n) is 7.47. The molecule has 7 heteroatoms. The first-order chi connectivity index (χ1) is 13.0. The Morgan fingerprint density at radius 2 is 1.93 bits per heavy atom. The minimum Gasteiger partial charge on any atom is -0.349 e. The molecule has 28 heavy (non-hydrogen) atoms. The molecule has 2 N–H and O–H groups in total. The highest BCUT2D eigenvalue weighted by Crippen LogP contribution is 2.21. The second kappa shape index (κ2) is 7.22. The summed E-state index contributed by atoms with van der Waals surface area (Å²) in [6.45, 7) is 6.35. The number of aromatic amines is 1.